The molecule has 0 bridgehead atoms. The summed E-state index contributed by atoms with van der Waals surface area (Å²) >= 11 is 0. The lowest BCUT2D eigenvalue weighted by molar-refractivity contribution is -0.591. The Bertz CT molecular complexity index is 944. The van der Waals surface area contributed by atoms with Crippen LogP contribution in [0.3, 0.4) is 0 Å². The SMILES string of the molecule is [O-][n+]1c2ccccc2[n+]([O-])c2c3ccccc3[nH]c21. The van der Waals surface area contributed by atoms with Crippen LogP contribution in [0.4, 0.5) is 0 Å². The van der Waals surface area contributed by atoms with Crippen LogP contribution in [0.1, 0.15) is 0 Å². The van der Waals surface area contributed by atoms with Crippen LogP contribution in [0.2, 0.25) is 0 Å². The van der Waals surface area contributed by atoms with Crippen LogP contribution in [0, 0.1) is 10.4 Å². The van der Waals surface area contributed by atoms with E-state index in [1.54, 1.807) is 24.3 Å². The third-order valence-electron chi connectivity index (χ3n) is 3.39. The molecule has 4 rings (SSSR count). The Kier molecular flexibility index (Phi) is 1.79. The minimum Gasteiger partial charge on any atom is -0.710 e. The number of hydrogen-bond acceptors (Lipinski definition) is 2. The van der Waals surface area contributed by atoms with Gasteiger partial charge < -0.3 is 10.4 Å². The molecule has 0 saturated heterocycles. The second kappa shape index (κ2) is 3.35. The average Bonchev–Trinajstić information content (AvgIpc) is 2.84. The van der Waals surface area contributed by atoms with Gasteiger partial charge >= 0.3 is 11.2 Å². The second-order valence-electron chi connectivity index (χ2n) is 4.45. The molecule has 0 fully saturated rings. The van der Waals surface area contributed by atoms with Crippen molar-refractivity contribution in [3.63, 3.8) is 0 Å². The van der Waals surface area contributed by atoms with Gasteiger partial charge in [0.15, 0.2) is 0 Å². The Morgan fingerprint density at radius 2 is 1.42 bits per heavy atom. The number of nitrogens with one attached hydrogen (secondary N) is 1. The second-order valence-corrected chi connectivity index (χ2v) is 4.45. The van der Waals surface area contributed by atoms with Gasteiger partial charge in [0.2, 0.25) is 5.52 Å². The third-order valence-corrected chi connectivity index (χ3v) is 3.39. The molecule has 0 aliphatic heterocycles. The van der Waals surface area contributed by atoms with Crippen LogP contribution in [0.25, 0.3) is 33.1 Å². The Balaban J connectivity index is 2.39. The summed E-state index contributed by atoms with van der Waals surface area (Å²) in [6.07, 6.45) is 0. The maximum absolute atomic E-state index is 12.5. The number of para-hydroxylation sites is 3. The van der Waals surface area contributed by atoms with E-state index < -0.39 is 0 Å². The summed E-state index contributed by atoms with van der Waals surface area (Å²) in [6, 6.07) is 14.2. The van der Waals surface area contributed by atoms with E-state index in [1.807, 2.05) is 24.3 Å². The van der Waals surface area contributed by atoms with Gasteiger partial charge in [-0.05, 0) is 18.2 Å². The largest absolute Gasteiger partial charge is 0.710 e. The van der Waals surface area contributed by atoms with Crippen molar-refractivity contribution >= 4 is 33.1 Å². The molecule has 2 aromatic heterocycles. The van der Waals surface area contributed by atoms with Crippen LogP contribution in [0.15, 0.2) is 48.5 Å². The Morgan fingerprint density at radius 3 is 2.21 bits per heavy atom. The summed E-state index contributed by atoms with van der Waals surface area (Å²) in [5, 5.41) is 25.6. The van der Waals surface area contributed by atoms with E-state index in [2.05, 4.69) is 4.98 Å². The minimum atomic E-state index is 0.287. The van der Waals surface area contributed by atoms with E-state index >= 15 is 0 Å². The lowest BCUT2D eigenvalue weighted by Crippen LogP contribution is -2.39. The van der Waals surface area contributed by atoms with E-state index in [9.17, 15) is 10.4 Å². The van der Waals surface area contributed by atoms with Gasteiger partial charge in [-0.2, -0.15) is 4.73 Å². The molecule has 0 radical (unpaired) electrons. The van der Waals surface area contributed by atoms with Crippen molar-refractivity contribution in [3.8, 4) is 0 Å². The normalized spacial score (nSPS) is 11.6. The minimum absolute atomic E-state index is 0.287. The number of H-pyrrole nitrogens is 1. The van der Waals surface area contributed by atoms with Crippen molar-refractivity contribution in [1.29, 1.82) is 0 Å². The van der Waals surface area contributed by atoms with Crippen LogP contribution < -0.4 is 9.46 Å². The number of aromatic amines is 1. The quantitative estimate of drug-likeness (QED) is 0.382. The zero-order valence-electron chi connectivity index (χ0n) is 9.83. The summed E-state index contributed by atoms with van der Waals surface area (Å²) in [4.78, 5) is 3.01. The summed E-state index contributed by atoms with van der Waals surface area (Å²) < 4.78 is 1.59. The molecule has 0 unspecified atom stereocenters. The molecule has 1 N–H and O–H groups in total. The Morgan fingerprint density at radius 1 is 0.789 bits per heavy atom. The molecular formula is C14H9N3O2. The fraction of sp³-hybridized carbons (Fsp3) is 0. The molecule has 19 heavy (non-hydrogen) atoms. The van der Waals surface area contributed by atoms with Crippen LogP contribution in [0.5, 0.6) is 0 Å². The zero-order chi connectivity index (χ0) is 13.0. The molecule has 5 nitrogen and oxygen atoms in total. The van der Waals surface area contributed by atoms with E-state index in [0.29, 0.717) is 16.6 Å². The number of benzene rings is 2. The monoisotopic (exact) mass is 251 g/mol. The molecule has 0 amide bonds. The van der Waals surface area contributed by atoms with Crippen molar-refractivity contribution in [2.45, 2.75) is 0 Å². The van der Waals surface area contributed by atoms with E-state index in [0.717, 1.165) is 20.4 Å². The topological polar surface area (TPSA) is 69.7 Å². The maximum Gasteiger partial charge on any atom is 0.358 e. The molecular weight excluding hydrogens is 242 g/mol. The predicted molar refractivity (Wildman–Crippen MR) is 71.2 cm³/mol. The molecule has 2 aromatic carbocycles. The van der Waals surface area contributed by atoms with Crippen molar-refractivity contribution in [2.24, 2.45) is 0 Å². The first-order chi connectivity index (χ1) is 9.27. The first-order valence-corrected chi connectivity index (χ1v) is 5.91. The number of rotatable bonds is 0. The van der Waals surface area contributed by atoms with Gasteiger partial charge in [-0.1, -0.05) is 24.3 Å². The lowest BCUT2D eigenvalue weighted by atomic mass is 10.2. The summed E-state index contributed by atoms with van der Waals surface area (Å²) in [5.74, 6) is 0. The molecule has 0 saturated carbocycles. The molecule has 0 spiro atoms. The number of fused-ring (bicyclic) bond motifs is 4. The third kappa shape index (κ3) is 1.18. The van der Waals surface area contributed by atoms with Gasteiger partial charge in [0.1, 0.15) is 10.9 Å². The van der Waals surface area contributed by atoms with Crippen LogP contribution >= 0.6 is 0 Å². The van der Waals surface area contributed by atoms with E-state index in [4.69, 9.17) is 0 Å². The predicted octanol–water partition coefficient (Wildman–Crippen LogP) is 1.74. The zero-order valence-corrected chi connectivity index (χ0v) is 9.83. The highest BCUT2D eigenvalue weighted by Gasteiger charge is 2.24. The molecule has 0 aliphatic carbocycles. The smallest absolute Gasteiger partial charge is 0.358 e. The Hall–Kier alpha value is -2.82. The average molecular weight is 251 g/mol. The molecule has 4 aromatic rings. The fourth-order valence-corrected chi connectivity index (χ4v) is 2.51. The molecule has 0 atom stereocenters. The van der Waals surface area contributed by atoms with Gasteiger partial charge in [0, 0.05) is 6.07 Å². The van der Waals surface area contributed by atoms with E-state index in [-0.39, 0.29) is 5.65 Å². The maximum atomic E-state index is 12.5. The number of aromatic nitrogens is 3. The van der Waals surface area contributed by atoms with Crippen molar-refractivity contribution < 1.29 is 9.46 Å². The first kappa shape index (κ1) is 10.1. The van der Waals surface area contributed by atoms with Gasteiger partial charge in [-0.25, -0.2) is 9.71 Å². The van der Waals surface area contributed by atoms with Crippen LogP contribution in [-0.4, -0.2) is 4.98 Å². The van der Waals surface area contributed by atoms with E-state index in [1.165, 1.54) is 0 Å². The summed E-state index contributed by atoms with van der Waals surface area (Å²) in [6.45, 7) is 0. The molecule has 92 valence electrons. The van der Waals surface area contributed by atoms with Crippen molar-refractivity contribution in [2.75, 3.05) is 0 Å². The number of hydrogen-bond donors (Lipinski definition) is 1. The standard InChI is InChI=1S/C14H9N3O2/c18-16-11-7-3-4-8-12(11)17(19)14-13(16)9-5-1-2-6-10(9)15-14/h1-8,15H. The highest BCUT2D eigenvalue weighted by atomic mass is 16.5. The molecule has 5 heteroatoms. The number of nitrogens with zero attached hydrogens (tertiary/aromatic N) is 2. The van der Waals surface area contributed by atoms with Crippen molar-refractivity contribution in [1.82, 2.24) is 4.98 Å². The molecule has 2 heterocycles. The van der Waals surface area contributed by atoms with Gasteiger partial charge in [0.05, 0.1) is 0 Å². The van der Waals surface area contributed by atoms with Gasteiger partial charge in [0.25, 0.3) is 5.52 Å². The van der Waals surface area contributed by atoms with Crippen molar-refractivity contribution in [3.05, 3.63) is 58.9 Å². The molecule has 0 aliphatic rings. The van der Waals surface area contributed by atoms with Gasteiger partial charge in [-0.3, -0.25) is 0 Å². The summed E-state index contributed by atoms with van der Waals surface area (Å²) in [7, 11) is 0. The Labute approximate surface area is 107 Å². The highest BCUT2D eigenvalue weighted by Crippen LogP contribution is 2.21. The fourth-order valence-electron chi connectivity index (χ4n) is 2.51. The summed E-state index contributed by atoms with van der Waals surface area (Å²) in [5.41, 5.74) is 2.17. The van der Waals surface area contributed by atoms with Crippen LogP contribution in [-0.2, 0) is 0 Å². The lowest BCUT2D eigenvalue weighted by Gasteiger charge is -2.07. The first-order valence-electron chi connectivity index (χ1n) is 5.91. The van der Waals surface area contributed by atoms with Gasteiger partial charge in [-0.15, -0.1) is 0 Å². The highest BCUT2D eigenvalue weighted by molar-refractivity contribution is 6.01.